The van der Waals surface area contributed by atoms with E-state index in [1.165, 1.54) is 38.5 Å². The van der Waals surface area contributed by atoms with Gasteiger partial charge in [0.1, 0.15) is 5.75 Å². The van der Waals surface area contributed by atoms with Crippen molar-refractivity contribution in [3.63, 3.8) is 0 Å². The minimum atomic E-state index is -0.994. The van der Waals surface area contributed by atoms with E-state index in [0.29, 0.717) is 18.6 Å². The predicted octanol–water partition coefficient (Wildman–Crippen LogP) is 4.56. The van der Waals surface area contributed by atoms with Gasteiger partial charge in [0, 0.05) is 16.5 Å². The van der Waals surface area contributed by atoms with Crippen LogP contribution in [0.25, 0.3) is 11.1 Å². The number of phenols is 1. The molecule has 0 aromatic heterocycles. The Morgan fingerprint density at radius 2 is 1.44 bits per heavy atom. The molecule has 4 bridgehead atoms. The van der Waals surface area contributed by atoms with E-state index in [1.54, 1.807) is 0 Å². The van der Waals surface area contributed by atoms with Gasteiger partial charge in [0.25, 0.3) is 0 Å². The second-order valence-electron chi connectivity index (χ2n) is 10.7. The molecule has 4 aliphatic carbocycles. The first-order chi connectivity index (χ1) is 15.0. The number of halogens is 1. The van der Waals surface area contributed by atoms with Gasteiger partial charge in [-0.2, -0.15) is 0 Å². The minimum Gasteiger partial charge on any atom is -0.507 e. The monoisotopic (exact) mass is 457 g/mol. The molecule has 5 heteroatoms. The Morgan fingerprint density at radius 1 is 0.875 bits per heavy atom. The summed E-state index contributed by atoms with van der Waals surface area (Å²) in [5, 5.41) is 31.0. The quantitative estimate of drug-likeness (QED) is 0.490. The number of aliphatic hydroxyl groups is 2. The molecule has 2 aromatic carbocycles. The van der Waals surface area contributed by atoms with Crippen LogP contribution in [0.3, 0.4) is 0 Å². The average molecular weight is 458 g/mol. The SMILES string of the molecule is Cl.NC(CO)(CO)CCc1ccc(-c2ccccc2)c(O)c1C12CC3CC(CC(C3)C1)C2. The lowest BCUT2D eigenvalue weighted by Gasteiger charge is -2.57. The normalized spacial score (nSPS) is 28.5. The van der Waals surface area contributed by atoms with Crippen LogP contribution in [0, 0.1) is 17.8 Å². The minimum absolute atomic E-state index is 0. The lowest BCUT2D eigenvalue weighted by molar-refractivity contribution is -0.00657. The molecular weight excluding hydrogens is 422 g/mol. The average Bonchev–Trinajstić information content (AvgIpc) is 2.77. The number of hydrogen-bond donors (Lipinski definition) is 4. The maximum atomic E-state index is 11.7. The van der Waals surface area contributed by atoms with Gasteiger partial charge in [-0.05, 0) is 80.2 Å². The summed E-state index contributed by atoms with van der Waals surface area (Å²) in [5.41, 5.74) is 9.46. The van der Waals surface area contributed by atoms with Gasteiger partial charge >= 0.3 is 0 Å². The Balaban J connectivity index is 0.00000245. The summed E-state index contributed by atoms with van der Waals surface area (Å²) < 4.78 is 0. The molecule has 174 valence electrons. The third kappa shape index (κ3) is 4.07. The predicted molar refractivity (Wildman–Crippen MR) is 130 cm³/mol. The molecule has 2 aromatic rings. The molecule has 5 N–H and O–H groups in total. The Labute approximate surface area is 197 Å². The van der Waals surface area contributed by atoms with Crippen LogP contribution in [0.15, 0.2) is 42.5 Å². The van der Waals surface area contributed by atoms with E-state index in [1.807, 2.05) is 24.3 Å². The smallest absolute Gasteiger partial charge is 0.127 e. The standard InChI is InChI=1S/C27H35NO3.ClH/c28-27(16-29,17-30)9-8-22-6-7-23(21-4-2-1-3-5-21)25(31)24(22)26-13-18-10-19(14-26)12-20(11-18)15-26;/h1-7,18-20,29-31H,8-17,28H2;1H. The van der Waals surface area contributed by atoms with Crippen LogP contribution in [0.5, 0.6) is 5.75 Å². The molecule has 4 saturated carbocycles. The van der Waals surface area contributed by atoms with Crippen molar-refractivity contribution in [2.75, 3.05) is 13.2 Å². The summed E-state index contributed by atoms with van der Waals surface area (Å²) in [6.45, 7) is -0.492. The highest BCUT2D eigenvalue weighted by Crippen LogP contribution is 2.63. The molecule has 0 unspecified atom stereocenters. The van der Waals surface area contributed by atoms with Crippen molar-refractivity contribution in [2.45, 2.75) is 62.3 Å². The number of aliphatic hydroxyl groups excluding tert-OH is 2. The van der Waals surface area contributed by atoms with Gasteiger partial charge in [-0.3, -0.25) is 0 Å². The van der Waals surface area contributed by atoms with E-state index in [0.717, 1.165) is 40.0 Å². The van der Waals surface area contributed by atoms with Crippen molar-refractivity contribution in [1.29, 1.82) is 0 Å². The summed E-state index contributed by atoms with van der Waals surface area (Å²) in [5.74, 6) is 2.77. The van der Waals surface area contributed by atoms with E-state index in [9.17, 15) is 15.3 Å². The van der Waals surface area contributed by atoms with Crippen molar-refractivity contribution < 1.29 is 15.3 Å². The largest absolute Gasteiger partial charge is 0.507 e. The fourth-order valence-corrected chi connectivity index (χ4v) is 7.29. The number of benzene rings is 2. The molecule has 0 amide bonds. The van der Waals surface area contributed by atoms with Gasteiger partial charge in [-0.25, -0.2) is 0 Å². The van der Waals surface area contributed by atoms with Crippen molar-refractivity contribution in [1.82, 2.24) is 0 Å². The van der Waals surface area contributed by atoms with Crippen molar-refractivity contribution >= 4 is 12.4 Å². The Hall–Kier alpha value is -1.59. The van der Waals surface area contributed by atoms with Crippen molar-refractivity contribution in [2.24, 2.45) is 23.5 Å². The molecule has 0 atom stereocenters. The number of hydrogen-bond acceptors (Lipinski definition) is 4. The lowest BCUT2D eigenvalue weighted by Crippen LogP contribution is -2.49. The number of rotatable bonds is 7. The molecule has 6 rings (SSSR count). The van der Waals surface area contributed by atoms with Crippen LogP contribution >= 0.6 is 12.4 Å². The van der Waals surface area contributed by atoms with Crippen molar-refractivity contribution in [3.05, 3.63) is 53.6 Å². The third-order valence-corrected chi connectivity index (χ3v) is 8.44. The van der Waals surface area contributed by atoms with Crippen LogP contribution in [0.4, 0.5) is 0 Å². The molecule has 32 heavy (non-hydrogen) atoms. The summed E-state index contributed by atoms with van der Waals surface area (Å²) in [4.78, 5) is 0. The van der Waals surface area contributed by atoms with Crippen LogP contribution in [0.1, 0.15) is 56.1 Å². The maximum Gasteiger partial charge on any atom is 0.127 e. The molecule has 0 spiro atoms. The van der Waals surface area contributed by atoms with E-state index in [-0.39, 0.29) is 31.0 Å². The molecule has 4 fully saturated rings. The first-order valence-corrected chi connectivity index (χ1v) is 11.9. The number of phenolic OH excluding ortho intramolecular Hbond substituents is 1. The van der Waals surface area contributed by atoms with Gasteiger partial charge in [-0.1, -0.05) is 42.5 Å². The van der Waals surface area contributed by atoms with Gasteiger partial charge < -0.3 is 21.1 Å². The molecule has 0 radical (unpaired) electrons. The highest BCUT2D eigenvalue weighted by molar-refractivity contribution is 5.85. The Kier molecular flexibility index (Phi) is 6.61. The van der Waals surface area contributed by atoms with Crippen LogP contribution < -0.4 is 5.73 Å². The second-order valence-corrected chi connectivity index (χ2v) is 10.7. The highest BCUT2D eigenvalue weighted by atomic mass is 35.5. The number of nitrogens with two attached hydrogens (primary N) is 1. The van der Waals surface area contributed by atoms with Gasteiger partial charge in [-0.15, -0.1) is 12.4 Å². The van der Waals surface area contributed by atoms with Gasteiger partial charge in [0.05, 0.1) is 18.8 Å². The summed E-state index contributed by atoms with van der Waals surface area (Å²) in [7, 11) is 0. The molecule has 0 heterocycles. The molecular formula is C27H36ClNO3. The topological polar surface area (TPSA) is 86.7 Å². The maximum absolute atomic E-state index is 11.7. The molecule has 0 aliphatic heterocycles. The van der Waals surface area contributed by atoms with E-state index >= 15 is 0 Å². The fraction of sp³-hybridized carbons (Fsp3) is 0.556. The van der Waals surface area contributed by atoms with Crippen LogP contribution in [-0.4, -0.2) is 34.1 Å². The number of aryl methyl sites for hydroxylation is 1. The molecule has 4 aliphatic rings. The Bertz CT molecular complexity index is 906. The van der Waals surface area contributed by atoms with Crippen molar-refractivity contribution in [3.8, 4) is 16.9 Å². The van der Waals surface area contributed by atoms with Gasteiger partial charge in [0.2, 0.25) is 0 Å². The summed E-state index contributed by atoms with van der Waals surface area (Å²) in [6, 6.07) is 14.3. The van der Waals surface area contributed by atoms with Gasteiger partial charge in [0.15, 0.2) is 0 Å². The zero-order valence-electron chi connectivity index (χ0n) is 18.7. The van der Waals surface area contributed by atoms with E-state index in [4.69, 9.17) is 5.73 Å². The van der Waals surface area contributed by atoms with E-state index in [2.05, 4.69) is 18.2 Å². The first-order valence-electron chi connectivity index (χ1n) is 11.9. The fourth-order valence-electron chi connectivity index (χ4n) is 7.29. The van der Waals surface area contributed by atoms with E-state index < -0.39 is 5.54 Å². The Morgan fingerprint density at radius 3 is 1.97 bits per heavy atom. The zero-order chi connectivity index (χ0) is 21.6. The molecule has 4 nitrogen and oxygen atoms in total. The lowest BCUT2D eigenvalue weighted by atomic mass is 9.47. The summed E-state index contributed by atoms with van der Waals surface area (Å²) in [6.07, 6.45) is 8.72. The second kappa shape index (κ2) is 8.98. The molecule has 0 saturated heterocycles. The first kappa shape index (κ1) is 23.6. The van der Waals surface area contributed by atoms with Crippen LogP contribution in [-0.2, 0) is 11.8 Å². The number of aromatic hydroxyl groups is 1. The zero-order valence-corrected chi connectivity index (χ0v) is 19.5. The third-order valence-electron chi connectivity index (χ3n) is 8.44. The highest BCUT2D eigenvalue weighted by Gasteiger charge is 2.53. The van der Waals surface area contributed by atoms with Crippen LogP contribution in [0.2, 0.25) is 0 Å². The summed E-state index contributed by atoms with van der Waals surface area (Å²) >= 11 is 0.